The van der Waals surface area contributed by atoms with Crippen LogP contribution in [0.3, 0.4) is 0 Å². The number of hydrogen-bond acceptors (Lipinski definition) is 15. The number of unbranched alkanes of at least 4 members (excludes halogenated alkanes) is 30. The molecule has 0 aliphatic rings. The molecule has 0 aliphatic carbocycles. The molecule has 5 atom stereocenters. The summed E-state index contributed by atoms with van der Waals surface area (Å²) in [6, 6.07) is 0. The third-order valence-electron chi connectivity index (χ3n) is 14.0. The van der Waals surface area contributed by atoms with Crippen molar-refractivity contribution in [1.29, 1.82) is 0 Å². The summed E-state index contributed by atoms with van der Waals surface area (Å²) < 4.78 is 67.8. The van der Waals surface area contributed by atoms with Crippen molar-refractivity contribution in [2.75, 3.05) is 39.6 Å². The summed E-state index contributed by atoms with van der Waals surface area (Å²) >= 11 is 0. The Hall–Kier alpha value is -1.94. The normalized spacial score (nSPS) is 14.4. The second-order valence-corrected chi connectivity index (χ2v) is 25.9. The molecule has 0 rings (SSSR count). The van der Waals surface area contributed by atoms with E-state index in [1.807, 2.05) is 0 Å². The Bertz CT molecular complexity index is 1580. The number of phosphoric acid groups is 2. The minimum absolute atomic E-state index is 0.104. The molecule has 0 fully saturated rings. The van der Waals surface area contributed by atoms with E-state index in [4.69, 9.17) is 37.0 Å². The Balaban J connectivity index is 5.24. The van der Waals surface area contributed by atoms with E-state index in [1.54, 1.807) is 0 Å². The maximum atomic E-state index is 12.9. The molecule has 474 valence electrons. The standard InChI is InChI=1S/C61H118O17P2/c1-7-9-11-13-15-17-19-26-33-39-45-60(65)77-56(49-71-58(63)43-37-31-25-18-16-14-12-10-8-2)51-75-79(67,68)73-47-55(62)48-74-80(69,70)76-52-57(50-72-59(64)44-38-32-28-22-24-30-36-42-54(5)6)78-61(66)46-40-34-27-21-20-23-29-35-41-53(3)4/h53-57,62H,7-52H2,1-6H3,(H,67,68)(H,69,70)/t55-,56+,57+/m0/s1. The highest BCUT2D eigenvalue weighted by atomic mass is 31.2. The van der Waals surface area contributed by atoms with Gasteiger partial charge >= 0.3 is 39.5 Å². The average Bonchev–Trinajstić information content (AvgIpc) is 3.41. The predicted octanol–water partition coefficient (Wildman–Crippen LogP) is 16.5. The van der Waals surface area contributed by atoms with Crippen LogP contribution in [0, 0.1) is 11.8 Å². The SMILES string of the molecule is CCCCCCCCCCCCC(=O)O[C@H](COC(=O)CCCCCCCCCCC)COP(=O)(O)OC[C@H](O)COP(=O)(O)OC[C@@H](COC(=O)CCCCCCCCCC(C)C)OC(=O)CCCCCCCCCCC(C)C. The van der Waals surface area contributed by atoms with Crippen LogP contribution in [0.2, 0.25) is 0 Å². The first-order valence-electron chi connectivity index (χ1n) is 32.0. The Labute approximate surface area is 486 Å². The molecule has 0 aromatic heterocycles. The quantitative estimate of drug-likeness (QED) is 0.0222. The van der Waals surface area contributed by atoms with Gasteiger partial charge in [-0.2, -0.15) is 0 Å². The van der Waals surface area contributed by atoms with Gasteiger partial charge in [-0.25, -0.2) is 9.13 Å². The molecule has 2 unspecified atom stereocenters. The lowest BCUT2D eigenvalue weighted by atomic mass is 10.0. The number of carbonyl (C=O) groups excluding carboxylic acids is 4. The molecule has 0 amide bonds. The van der Waals surface area contributed by atoms with Crippen LogP contribution in [0.25, 0.3) is 0 Å². The van der Waals surface area contributed by atoms with E-state index in [2.05, 4.69) is 41.5 Å². The van der Waals surface area contributed by atoms with Gasteiger partial charge in [0.05, 0.1) is 26.4 Å². The zero-order chi connectivity index (χ0) is 59.4. The number of rotatable bonds is 60. The Morgan fingerprint density at radius 2 is 0.575 bits per heavy atom. The van der Waals surface area contributed by atoms with Crippen LogP contribution in [-0.2, 0) is 65.4 Å². The lowest BCUT2D eigenvalue weighted by Crippen LogP contribution is -2.30. The second kappa shape index (κ2) is 53.8. The van der Waals surface area contributed by atoms with Crippen molar-refractivity contribution in [3.8, 4) is 0 Å². The molecule has 0 aliphatic heterocycles. The lowest BCUT2D eigenvalue weighted by Gasteiger charge is -2.21. The van der Waals surface area contributed by atoms with Crippen LogP contribution in [0.1, 0.15) is 298 Å². The first-order valence-corrected chi connectivity index (χ1v) is 35.0. The molecule has 0 saturated heterocycles. The first-order chi connectivity index (χ1) is 38.4. The molecule has 0 aromatic carbocycles. The average molecular weight is 1190 g/mol. The van der Waals surface area contributed by atoms with Crippen LogP contribution in [-0.4, -0.2) is 96.7 Å². The summed E-state index contributed by atoms with van der Waals surface area (Å²) in [6.07, 6.45) is 34.9. The number of phosphoric ester groups is 2. The van der Waals surface area contributed by atoms with E-state index in [0.717, 1.165) is 102 Å². The summed E-state index contributed by atoms with van der Waals surface area (Å²) in [4.78, 5) is 72.0. The number of aliphatic hydroxyl groups is 1. The third kappa shape index (κ3) is 55.3. The number of esters is 4. The highest BCUT2D eigenvalue weighted by molar-refractivity contribution is 7.47. The second-order valence-electron chi connectivity index (χ2n) is 23.0. The largest absolute Gasteiger partial charge is 0.472 e. The number of carbonyl (C=O) groups is 4. The van der Waals surface area contributed by atoms with Gasteiger partial charge in [-0.15, -0.1) is 0 Å². The maximum absolute atomic E-state index is 12.9. The van der Waals surface area contributed by atoms with Crippen molar-refractivity contribution in [2.24, 2.45) is 11.8 Å². The Morgan fingerprint density at radius 1 is 0.338 bits per heavy atom. The van der Waals surface area contributed by atoms with E-state index >= 15 is 0 Å². The summed E-state index contributed by atoms with van der Waals surface area (Å²) in [6.45, 7) is 9.35. The molecule has 0 radical (unpaired) electrons. The Kier molecular flexibility index (Phi) is 52.5. The molecular formula is C61H118O17P2. The zero-order valence-electron chi connectivity index (χ0n) is 51.4. The van der Waals surface area contributed by atoms with Crippen molar-refractivity contribution in [3.05, 3.63) is 0 Å². The van der Waals surface area contributed by atoms with E-state index < -0.39 is 97.5 Å². The highest BCUT2D eigenvalue weighted by Crippen LogP contribution is 2.45. The predicted molar refractivity (Wildman–Crippen MR) is 317 cm³/mol. The van der Waals surface area contributed by atoms with Gasteiger partial charge in [0.15, 0.2) is 12.2 Å². The van der Waals surface area contributed by atoms with Crippen molar-refractivity contribution >= 4 is 39.5 Å². The summed E-state index contributed by atoms with van der Waals surface area (Å²) in [7, 11) is -9.88. The van der Waals surface area contributed by atoms with E-state index in [0.29, 0.717) is 31.6 Å². The summed E-state index contributed by atoms with van der Waals surface area (Å²) in [5.74, 6) is -0.718. The van der Waals surface area contributed by atoms with Crippen LogP contribution < -0.4 is 0 Å². The van der Waals surface area contributed by atoms with Gasteiger partial charge in [0, 0.05) is 25.7 Å². The fraction of sp³-hybridized carbons (Fsp3) is 0.934. The van der Waals surface area contributed by atoms with E-state index in [9.17, 15) is 43.2 Å². The fourth-order valence-corrected chi connectivity index (χ4v) is 10.6. The fourth-order valence-electron chi connectivity index (χ4n) is 9.00. The van der Waals surface area contributed by atoms with Crippen LogP contribution in [0.5, 0.6) is 0 Å². The molecule has 0 heterocycles. The minimum Gasteiger partial charge on any atom is -0.462 e. The van der Waals surface area contributed by atoms with Gasteiger partial charge in [0.25, 0.3) is 0 Å². The molecule has 0 aromatic rings. The highest BCUT2D eigenvalue weighted by Gasteiger charge is 2.30. The van der Waals surface area contributed by atoms with E-state index in [-0.39, 0.29) is 25.7 Å². The van der Waals surface area contributed by atoms with Crippen LogP contribution >= 0.6 is 15.6 Å². The lowest BCUT2D eigenvalue weighted by molar-refractivity contribution is -0.161. The van der Waals surface area contributed by atoms with Gasteiger partial charge in [-0.3, -0.25) is 37.3 Å². The van der Waals surface area contributed by atoms with Crippen molar-refractivity contribution in [1.82, 2.24) is 0 Å². The van der Waals surface area contributed by atoms with E-state index in [1.165, 1.54) is 109 Å². The van der Waals surface area contributed by atoms with Gasteiger partial charge in [-0.05, 0) is 37.5 Å². The van der Waals surface area contributed by atoms with Crippen molar-refractivity contribution < 1.29 is 80.2 Å². The molecule has 0 spiro atoms. The van der Waals surface area contributed by atoms with Gasteiger partial charge in [0.2, 0.25) is 0 Å². The third-order valence-corrected chi connectivity index (χ3v) is 15.9. The Morgan fingerprint density at radius 3 is 0.850 bits per heavy atom. The molecule has 19 heteroatoms. The molecular weight excluding hydrogens is 1070 g/mol. The number of aliphatic hydroxyl groups excluding tert-OH is 1. The molecule has 80 heavy (non-hydrogen) atoms. The topological polar surface area (TPSA) is 237 Å². The number of ether oxygens (including phenoxy) is 4. The summed E-state index contributed by atoms with van der Waals surface area (Å²) in [5, 5.41) is 10.5. The first kappa shape index (κ1) is 78.1. The van der Waals surface area contributed by atoms with Crippen molar-refractivity contribution in [3.63, 3.8) is 0 Å². The number of hydrogen-bond donors (Lipinski definition) is 3. The molecule has 17 nitrogen and oxygen atoms in total. The monoisotopic (exact) mass is 1180 g/mol. The molecule has 0 bridgehead atoms. The smallest absolute Gasteiger partial charge is 0.462 e. The summed E-state index contributed by atoms with van der Waals surface area (Å²) in [5.41, 5.74) is 0. The van der Waals surface area contributed by atoms with Crippen LogP contribution in [0.4, 0.5) is 0 Å². The maximum Gasteiger partial charge on any atom is 0.472 e. The van der Waals surface area contributed by atoms with Gasteiger partial charge in [-0.1, -0.05) is 247 Å². The molecule has 0 saturated carbocycles. The minimum atomic E-state index is -4.94. The zero-order valence-corrected chi connectivity index (χ0v) is 53.2. The van der Waals surface area contributed by atoms with Crippen molar-refractivity contribution in [2.45, 2.75) is 317 Å². The molecule has 3 N–H and O–H groups in total. The van der Waals surface area contributed by atoms with Gasteiger partial charge < -0.3 is 33.8 Å². The van der Waals surface area contributed by atoms with Crippen LogP contribution in [0.15, 0.2) is 0 Å². The van der Waals surface area contributed by atoms with Gasteiger partial charge in [0.1, 0.15) is 19.3 Å².